The fraction of sp³-hybridized carbons (Fsp3) is 0.333. The smallest absolute Gasteiger partial charge is 0.162 e. The third kappa shape index (κ3) is 3.95. The molecule has 1 fully saturated rings. The second-order valence-corrected chi connectivity index (χ2v) is 7.10. The van der Waals surface area contributed by atoms with Crippen LogP contribution in [0.2, 0.25) is 0 Å². The van der Waals surface area contributed by atoms with E-state index in [0.717, 1.165) is 36.4 Å². The summed E-state index contributed by atoms with van der Waals surface area (Å²) in [5.74, 6) is 2.21. The molecule has 6 nitrogen and oxygen atoms in total. The lowest BCUT2D eigenvalue weighted by Gasteiger charge is -2.24. The summed E-state index contributed by atoms with van der Waals surface area (Å²) in [6.45, 7) is 4.23. The zero-order valence-electron chi connectivity index (χ0n) is 15.6. The van der Waals surface area contributed by atoms with Crippen molar-refractivity contribution in [2.24, 2.45) is 5.92 Å². The number of hydrogen-bond donors (Lipinski definition) is 0. The summed E-state index contributed by atoms with van der Waals surface area (Å²) >= 11 is 0. The number of ether oxygens (including phenoxy) is 1. The van der Waals surface area contributed by atoms with Gasteiger partial charge in [0.05, 0.1) is 12.7 Å². The monoisotopic (exact) mass is 361 g/mol. The number of benzene rings is 1. The normalized spacial score (nSPS) is 19.9. The Kier molecular flexibility index (Phi) is 5.07. The van der Waals surface area contributed by atoms with Gasteiger partial charge in [-0.15, -0.1) is 0 Å². The highest BCUT2D eigenvalue weighted by Gasteiger charge is 2.30. The van der Waals surface area contributed by atoms with Crippen LogP contribution in [0.5, 0.6) is 5.75 Å². The lowest BCUT2D eigenvalue weighted by molar-refractivity contribution is 0.245. The Balaban J connectivity index is 1.50. The van der Waals surface area contributed by atoms with Gasteiger partial charge >= 0.3 is 0 Å². The zero-order chi connectivity index (χ0) is 18.6. The van der Waals surface area contributed by atoms with Crippen molar-refractivity contribution in [2.45, 2.75) is 25.9 Å². The molecule has 6 heteroatoms. The van der Waals surface area contributed by atoms with E-state index in [4.69, 9.17) is 4.74 Å². The van der Waals surface area contributed by atoms with E-state index >= 15 is 0 Å². The van der Waals surface area contributed by atoms with Crippen molar-refractivity contribution < 1.29 is 4.74 Å². The molecular weight excluding hydrogens is 338 g/mol. The minimum atomic E-state index is 0.410. The highest BCUT2D eigenvalue weighted by molar-refractivity contribution is 5.50. The molecule has 0 aliphatic carbocycles. The maximum absolute atomic E-state index is 5.28. The van der Waals surface area contributed by atoms with E-state index < -0.39 is 0 Å². The van der Waals surface area contributed by atoms with Crippen LogP contribution in [0.3, 0.4) is 0 Å². The van der Waals surface area contributed by atoms with Crippen LogP contribution in [-0.2, 0) is 6.54 Å². The molecule has 0 radical (unpaired) electrons. The average Bonchev–Trinajstić information content (AvgIpc) is 3.09. The molecule has 0 N–H and O–H groups in total. The molecule has 0 saturated carbocycles. The SMILES string of the molecule is COc1ccc(C2CC(C)CN2Cc2cnc(-c3cncnc3)nc2)cc1. The van der Waals surface area contributed by atoms with E-state index in [-0.39, 0.29) is 0 Å². The quantitative estimate of drug-likeness (QED) is 0.693. The molecule has 2 unspecified atom stereocenters. The summed E-state index contributed by atoms with van der Waals surface area (Å²) in [5, 5.41) is 0. The second kappa shape index (κ2) is 7.80. The molecule has 2 aromatic heterocycles. The molecule has 1 aromatic carbocycles. The van der Waals surface area contributed by atoms with Crippen molar-refractivity contribution in [1.82, 2.24) is 24.8 Å². The van der Waals surface area contributed by atoms with Crippen LogP contribution >= 0.6 is 0 Å². The fourth-order valence-corrected chi connectivity index (χ4v) is 3.71. The van der Waals surface area contributed by atoms with Crippen LogP contribution in [0.4, 0.5) is 0 Å². The summed E-state index contributed by atoms with van der Waals surface area (Å²) < 4.78 is 5.28. The highest BCUT2D eigenvalue weighted by atomic mass is 16.5. The van der Waals surface area contributed by atoms with Gasteiger partial charge in [-0.3, -0.25) is 4.90 Å². The van der Waals surface area contributed by atoms with E-state index in [1.165, 1.54) is 11.9 Å². The van der Waals surface area contributed by atoms with Gasteiger partial charge < -0.3 is 4.74 Å². The van der Waals surface area contributed by atoms with Crippen molar-refractivity contribution in [3.05, 3.63) is 66.5 Å². The molecule has 1 aliphatic rings. The number of aromatic nitrogens is 4. The zero-order valence-corrected chi connectivity index (χ0v) is 15.6. The van der Waals surface area contributed by atoms with Crippen molar-refractivity contribution in [3.63, 3.8) is 0 Å². The average molecular weight is 361 g/mol. The first kappa shape index (κ1) is 17.5. The molecule has 3 heterocycles. The molecule has 0 spiro atoms. The molecule has 1 saturated heterocycles. The number of likely N-dealkylation sites (tertiary alicyclic amines) is 1. The first-order valence-corrected chi connectivity index (χ1v) is 9.17. The van der Waals surface area contributed by atoms with Gasteiger partial charge in [0, 0.05) is 49.5 Å². The minimum absolute atomic E-state index is 0.410. The summed E-state index contributed by atoms with van der Waals surface area (Å²) in [5.41, 5.74) is 3.28. The van der Waals surface area contributed by atoms with E-state index in [0.29, 0.717) is 17.8 Å². The Morgan fingerprint density at radius 1 is 1.04 bits per heavy atom. The molecule has 1 aliphatic heterocycles. The lowest BCUT2D eigenvalue weighted by atomic mass is 10.0. The fourth-order valence-electron chi connectivity index (χ4n) is 3.71. The topological polar surface area (TPSA) is 64.0 Å². The van der Waals surface area contributed by atoms with E-state index in [9.17, 15) is 0 Å². The molecule has 3 aromatic rings. The Hall–Kier alpha value is -2.86. The third-order valence-electron chi connectivity index (χ3n) is 5.02. The van der Waals surface area contributed by atoms with Crippen molar-refractivity contribution >= 4 is 0 Å². The van der Waals surface area contributed by atoms with Crippen molar-refractivity contribution in [2.75, 3.05) is 13.7 Å². The van der Waals surface area contributed by atoms with Gasteiger partial charge in [0.25, 0.3) is 0 Å². The standard InChI is InChI=1S/C21H23N5O/c1-15-7-20(17-3-5-19(27-2)6-4-17)26(12-15)13-16-8-24-21(25-9-16)18-10-22-14-23-11-18/h3-6,8-11,14-15,20H,7,12-13H2,1-2H3. The number of nitrogens with zero attached hydrogens (tertiary/aromatic N) is 5. The van der Waals surface area contributed by atoms with Crippen LogP contribution in [0, 0.1) is 5.92 Å². The van der Waals surface area contributed by atoms with Gasteiger partial charge in [-0.05, 0) is 30.0 Å². The minimum Gasteiger partial charge on any atom is -0.497 e. The molecular formula is C21H23N5O. The van der Waals surface area contributed by atoms with Gasteiger partial charge in [-0.1, -0.05) is 19.1 Å². The van der Waals surface area contributed by atoms with Crippen LogP contribution in [-0.4, -0.2) is 38.5 Å². The molecule has 138 valence electrons. The largest absolute Gasteiger partial charge is 0.497 e. The molecule has 4 rings (SSSR count). The second-order valence-electron chi connectivity index (χ2n) is 7.10. The van der Waals surface area contributed by atoms with Crippen LogP contribution < -0.4 is 4.74 Å². The van der Waals surface area contributed by atoms with E-state index in [1.807, 2.05) is 24.5 Å². The summed E-state index contributed by atoms with van der Waals surface area (Å²) in [6, 6.07) is 8.83. The number of hydrogen-bond acceptors (Lipinski definition) is 6. The molecule has 0 amide bonds. The van der Waals surface area contributed by atoms with Crippen molar-refractivity contribution in [3.8, 4) is 17.1 Å². The maximum Gasteiger partial charge on any atom is 0.162 e. The Bertz CT molecular complexity index is 867. The van der Waals surface area contributed by atoms with Crippen LogP contribution in [0.1, 0.15) is 30.5 Å². The summed E-state index contributed by atoms with van der Waals surface area (Å²) in [7, 11) is 1.70. The predicted octanol–water partition coefficient (Wildman–Crippen LogP) is 3.53. The van der Waals surface area contributed by atoms with Gasteiger partial charge in [0.2, 0.25) is 0 Å². The van der Waals surface area contributed by atoms with Gasteiger partial charge in [0.15, 0.2) is 5.82 Å². The summed E-state index contributed by atoms with van der Waals surface area (Å²) in [6.07, 6.45) is 9.93. The molecule has 2 atom stereocenters. The summed E-state index contributed by atoms with van der Waals surface area (Å²) in [4.78, 5) is 19.5. The first-order chi connectivity index (χ1) is 13.2. The van der Waals surface area contributed by atoms with Crippen LogP contribution in [0.25, 0.3) is 11.4 Å². The van der Waals surface area contributed by atoms with Crippen LogP contribution in [0.15, 0.2) is 55.4 Å². The lowest BCUT2D eigenvalue weighted by Crippen LogP contribution is -2.23. The number of rotatable bonds is 5. The van der Waals surface area contributed by atoms with E-state index in [2.05, 4.69) is 43.9 Å². The number of methoxy groups -OCH3 is 1. The van der Waals surface area contributed by atoms with E-state index in [1.54, 1.807) is 19.5 Å². The molecule has 27 heavy (non-hydrogen) atoms. The highest BCUT2D eigenvalue weighted by Crippen LogP contribution is 2.36. The molecule has 0 bridgehead atoms. The van der Waals surface area contributed by atoms with Crippen molar-refractivity contribution in [1.29, 1.82) is 0 Å². The Morgan fingerprint density at radius 2 is 1.74 bits per heavy atom. The Labute approximate surface area is 159 Å². The Morgan fingerprint density at radius 3 is 2.41 bits per heavy atom. The van der Waals surface area contributed by atoms with Gasteiger partial charge in [-0.2, -0.15) is 0 Å². The maximum atomic E-state index is 5.28. The predicted molar refractivity (Wildman–Crippen MR) is 103 cm³/mol. The van der Waals surface area contributed by atoms with Gasteiger partial charge in [0.1, 0.15) is 12.1 Å². The van der Waals surface area contributed by atoms with Gasteiger partial charge in [-0.25, -0.2) is 19.9 Å². The third-order valence-corrected chi connectivity index (χ3v) is 5.02. The first-order valence-electron chi connectivity index (χ1n) is 9.17.